The number of carbonyl (C=O) groups excluding carboxylic acids is 3. The van der Waals surface area contributed by atoms with E-state index in [4.69, 9.17) is 10.8 Å². The van der Waals surface area contributed by atoms with Crippen molar-refractivity contribution >= 4 is 29.7 Å². The molecule has 0 heterocycles. The zero-order chi connectivity index (χ0) is 33.5. The van der Waals surface area contributed by atoms with Crippen LogP contribution in [-0.2, 0) is 24.0 Å². The van der Waals surface area contributed by atoms with Crippen molar-refractivity contribution in [1.29, 1.82) is 0 Å². The topological polar surface area (TPSA) is 188 Å². The molecule has 0 aliphatic rings. The molecular formula is C34H64N4O7. The van der Waals surface area contributed by atoms with Gasteiger partial charge in [0.1, 0.15) is 6.04 Å². The van der Waals surface area contributed by atoms with E-state index >= 15 is 0 Å². The third-order valence-electron chi connectivity index (χ3n) is 7.99. The molecule has 3 amide bonds. The zero-order valence-corrected chi connectivity index (χ0v) is 28.1. The summed E-state index contributed by atoms with van der Waals surface area (Å²) in [6.45, 7) is 3.00. The fourth-order valence-electron chi connectivity index (χ4n) is 5.15. The molecule has 7 N–H and O–H groups in total. The van der Waals surface area contributed by atoms with Gasteiger partial charge in [0, 0.05) is 32.4 Å². The molecule has 0 fully saturated rings. The average Bonchev–Trinajstić information content (AvgIpc) is 3.00. The number of unbranched alkanes of at least 4 members (excludes halogenated alkanes) is 16. The van der Waals surface area contributed by atoms with Gasteiger partial charge >= 0.3 is 11.9 Å². The van der Waals surface area contributed by atoms with Gasteiger partial charge in [-0.05, 0) is 44.9 Å². The summed E-state index contributed by atoms with van der Waals surface area (Å²) >= 11 is 0. The van der Waals surface area contributed by atoms with Gasteiger partial charge in [-0.2, -0.15) is 0 Å². The smallest absolute Gasteiger partial charge is 0.326 e. The van der Waals surface area contributed by atoms with Crippen molar-refractivity contribution in [2.24, 2.45) is 5.73 Å². The molecule has 0 saturated carbocycles. The van der Waals surface area contributed by atoms with Crippen LogP contribution in [0.1, 0.15) is 161 Å². The summed E-state index contributed by atoms with van der Waals surface area (Å²) in [4.78, 5) is 58.2. The van der Waals surface area contributed by atoms with Crippen LogP contribution >= 0.6 is 0 Å². The molecule has 0 spiro atoms. The van der Waals surface area contributed by atoms with Crippen LogP contribution in [-0.4, -0.2) is 65.0 Å². The number of rotatable bonds is 32. The lowest BCUT2D eigenvalue weighted by Gasteiger charge is -2.15. The molecule has 262 valence electrons. The summed E-state index contributed by atoms with van der Waals surface area (Å²) in [7, 11) is 0. The van der Waals surface area contributed by atoms with Crippen molar-refractivity contribution in [3.63, 3.8) is 0 Å². The summed E-state index contributed by atoms with van der Waals surface area (Å²) in [6, 6.07) is -1.64. The van der Waals surface area contributed by atoms with Crippen molar-refractivity contribution < 1.29 is 34.2 Å². The van der Waals surface area contributed by atoms with Crippen molar-refractivity contribution in [3.8, 4) is 0 Å². The molecule has 0 aliphatic carbocycles. The van der Waals surface area contributed by atoms with Crippen LogP contribution in [0.25, 0.3) is 0 Å². The number of nitrogens with one attached hydrogen (secondary N) is 3. The lowest BCUT2D eigenvalue weighted by molar-refractivity contribution is -0.142. The summed E-state index contributed by atoms with van der Waals surface area (Å²) in [5.41, 5.74) is 5.85. The highest BCUT2D eigenvalue weighted by Crippen LogP contribution is 2.14. The Hall–Kier alpha value is -2.69. The molecule has 0 bridgehead atoms. The Morgan fingerprint density at radius 3 is 1.51 bits per heavy atom. The Morgan fingerprint density at radius 1 is 0.556 bits per heavy atom. The van der Waals surface area contributed by atoms with Crippen molar-refractivity contribution in [2.45, 2.75) is 173 Å². The molecule has 0 aliphatic heterocycles. The second-order valence-corrected chi connectivity index (χ2v) is 12.3. The Balaban J connectivity index is 3.70. The van der Waals surface area contributed by atoms with Crippen molar-refractivity contribution in [2.75, 3.05) is 13.1 Å². The third-order valence-corrected chi connectivity index (χ3v) is 7.99. The van der Waals surface area contributed by atoms with Crippen LogP contribution in [0.3, 0.4) is 0 Å². The predicted molar refractivity (Wildman–Crippen MR) is 178 cm³/mol. The molecule has 0 aromatic carbocycles. The largest absolute Gasteiger partial charge is 0.481 e. The molecule has 2 atom stereocenters. The molecule has 0 aromatic rings. The SMILES string of the molecule is CCCNC(=O)[C@@H](N)CCCCNC(=O)CC[C@H](NC(=O)CCCCCCCCCCCCCCCCCCC(=O)O)C(=O)O. The monoisotopic (exact) mass is 640 g/mol. The van der Waals surface area contributed by atoms with Gasteiger partial charge in [0.15, 0.2) is 0 Å². The summed E-state index contributed by atoms with van der Waals surface area (Å²) < 4.78 is 0. The Kier molecular flexibility index (Phi) is 28.2. The van der Waals surface area contributed by atoms with Gasteiger partial charge in [-0.1, -0.05) is 96.8 Å². The van der Waals surface area contributed by atoms with Crippen LogP contribution in [0, 0.1) is 0 Å². The van der Waals surface area contributed by atoms with Crippen LogP contribution in [0.4, 0.5) is 0 Å². The first-order chi connectivity index (χ1) is 21.7. The zero-order valence-electron chi connectivity index (χ0n) is 28.1. The summed E-state index contributed by atoms with van der Waals surface area (Å²) in [5.74, 6) is -2.56. The van der Waals surface area contributed by atoms with Gasteiger partial charge < -0.3 is 31.9 Å². The van der Waals surface area contributed by atoms with E-state index in [1.54, 1.807) is 0 Å². The third kappa shape index (κ3) is 28.5. The first-order valence-electron chi connectivity index (χ1n) is 17.7. The molecule has 11 nitrogen and oxygen atoms in total. The molecule has 11 heteroatoms. The number of amides is 3. The maximum Gasteiger partial charge on any atom is 0.326 e. The molecule has 0 aromatic heterocycles. The minimum Gasteiger partial charge on any atom is -0.481 e. The van der Waals surface area contributed by atoms with E-state index in [1.165, 1.54) is 57.8 Å². The van der Waals surface area contributed by atoms with Crippen LogP contribution in [0.2, 0.25) is 0 Å². The highest BCUT2D eigenvalue weighted by molar-refractivity contribution is 5.84. The van der Waals surface area contributed by atoms with Crippen molar-refractivity contribution in [1.82, 2.24) is 16.0 Å². The second kappa shape index (κ2) is 30.0. The normalized spacial score (nSPS) is 12.3. The minimum absolute atomic E-state index is 0.00770. The number of hydrogen-bond acceptors (Lipinski definition) is 6. The summed E-state index contributed by atoms with van der Waals surface area (Å²) in [6.07, 6.45) is 21.5. The number of aliphatic carboxylic acids is 2. The molecule has 45 heavy (non-hydrogen) atoms. The number of carbonyl (C=O) groups is 5. The quantitative estimate of drug-likeness (QED) is 0.0514. The van der Waals surface area contributed by atoms with Gasteiger partial charge in [-0.15, -0.1) is 0 Å². The molecular weight excluding hydrogens is 576 g/mol. The lowest BCUT2D eigenvalue weighted by atomic mass is 10.0. The number of hydrogen-bond donors (Lipinski definition) is 6. The maximum absolute atomic E-state index is 12.3. The average molecular weight is 641 g/mol. The Bertz CT molecular complexity index is 809. The van der Waals surface area contributed by atoms with E-state index in [2.05, 4.69) is 16.0 Å². The molecule has 0 radical (unpaired) electrons. The Morgan fingerprint density at radius 2 is 1.04 bits per heavy atom. The van der Waals surface area contributed by atoms with Gasteiger partial charge in [-0.25, -0.2) is 4.79 Å². The fraction of sp³-hybridized carbons (Fsp3) is 0.853. The van der Waals surface area contributed by atoms with E-state index in [9.17, 15) is 29.1 Å². The minimum atomic E-state index is -1.14. The predicted octanol–water partition coefficient (Wildman–Crippen LogP) is 5.58. The van der Waals surface area contributed by atoms with Gasteiger partial charge in [0.05, 0.1) is 6.04 Å². The molecule has 0 saturated heterocycles. The van der Waals surface area contributed by atoms with Crippen molar-refractivity contribution in [3.05, 3.63) is 0 Å². The lowest BCUT2D eigenvalue weighted by Crippen LogP contribution is -2.41. The highest BCUT2D eigenvalue weighted by atomic mass is 16.4. The first-order valence-corrected chi connectivity index (χ1v) is 17.7. The Labute approximate surface area is 271 Å². The van der Waals surface area contributed by atoms with E-state index in [0.29, 0.717) is 38.8 Å². The summed E-state index contributed by atoms with van der Waals surface area (Å²) in [5, 5.41) is 26.2. The van der Waals surface area contributed by atoms with E-state index < -0.39 is 24.0 Å². The van der Waals surface area contributed by atoms with Gasteiger partial charge in [0.2, 0.25) is 17.7 Å². The van der Waals surface area contributed by atoms with Crippen LogP contribution in [0.5, 0.6) is 0 Å². The van der Waals surface area contributed by atoms with Gasteiger partial charge in [0.25, 0.3) is 0 Å². The molecule has 0 unspecified atom stereocenters. The highest BCUT2D eigenvalue weighted by Gasteiger charge is 2.21. The van der Waals surface area contributed by atoms with E-state index in [1.807, 2.05) is 6.92 Å². The molecule has 0 rings (SSSR count). The first kappa shape index (κ1) is 42.3. The van der Waals surface area contributed by atoms with E-state index in [-0.39, 0.29) is 37.0 Å². The standard InChI is InChI=1S/C34H64N4O7/c1-2-26-37-33(43)28(35)21-19-20-27-36-30(39)25-24-29(34(44)45)38-31(40)22-17-15-13-11-9-7-5-3-4-6-8-10-12-14-16-18-23-32(41)42/h28-29H,2-27,35H2,1H3,(H,36,39)(H,37,43)(H,38,40)(H,41,42)(H,44,45)/t28-,29-/m0/s1. The number of nitrogens with two attached hydrogens (primary N) is 1. The van der Waals surface area contributed by atoms with E-state index in [0.717, 1.165) is 51.4 Å². The van der Waals surface area contributed by atoms with Gasteiger partial charge in [-0.3, -0.25) is 19.2 Å². The number of carboxylic acid groups (broad SMARTS) is 2. The second-order valence-electron chi connectivity index (χ2n) is 12.3. The van der Waals surface area contributed by atoms with Crippen LogP contribution < -0.4 is 21.7 Å². The maximum atomic E-state index is 12.3. The number of carboxylic acids is 2. The fourth-order valence-corrected chi connectivity index (χ4v) is 5.15. The van der Waals surface area contributed by atoms with Crippen LogP contribution in [0.15, 0.2) is 0 Å².